The molecule has 0 bridgehead atoms. The standard InChI is InChI=1S/C18H16N8O2S2/c1-11-7-8-29-14(11)9-20-22-18(27)15-13(10-30-12-5-3-2-4-6-12)26(25-21-15)17-16(19)23-28-24-17/h2-9H,10H2,1H3,(H2,19,23)(H,22,27)/b20-9-. The molecule has 10 nitrogen and oxygen atoms in total. The van der Waals surface area contributed by atoms with Gasteiger partial charge in [0.15, 0.2) is 5.69 Å². The van der Waals surface area contributed by atoms with Gasteiger partial charge in [-0.3, -0.25) is 4.79 Å². The number of aryl methyl sites for hydroxylation is 1. The highest BCUT2D eigenvalue weighted by atomic mass is 32.2. The molecule has 0 spiro atoms. The minimum Gasteiger partial charge on any atom is -0.378 e. The lowest BCUT2D eigenvalue weighted by Crippen LogP contribution is -2.20. The molecule has 4 rings (SSSR count). The van der Waals surface area contributed by atoms with Crippen LogP contribution >= 0.6 is 23.1 Å². The Morgan fingerprint density at radius 2 is 2.17 bits per heavy atom. The zero-order valence-corrected chi connectivity index (χ0v) is 17.4. The Morgan fingerprint density at radius 1 is 1.33 bits per heavy atom. The first kappa shape index (κ1) is 19.8. The van der Waals surface area contributed by atoms with Crippen LogP contribution in [0.5, 0.6) is 0 Å². The van der Waals surface area contributed by atoms with E-state index < -0.39 is 5.91 Å². The fourth-order valence-corrected chi connectivity index (χ4v) is 4.20. The zero-order chi connectivity index (χ0) is 20.9. The predicted octanol–water partition coefficient (Wildman–Crippen LogP) is 2.66. The average Bonchev–Trinajstić information content (AvgIpc) is 3.47. The fraction of sp³-hybridized carbons (Fsp3) is 0.111. The SMILES string of the molecule is Cc1ccsc1/C=N\NC(=O)c1nnn(-c2nonc2N)c1CSc1ccccc1. The molecule has 1 aromatic carbocycles. The Kier molecular flexibility index (Phi) is 5.86. The van der Waals surface area contributed by atoms with Crippen LogP contribution in [0.15, 0.2) is 56.4 Å². The van der Waals surface area contributed by atoms with E-state index in [0.29, 0.717) is 11.4 Å². The first-order chi connectivity index (χ1) is 14.6. The van der Waals surface area contributed by atoms with Crippen molar-refractivity contribution in [2.75, 3.05) is 5.73 Å². The summed E-state index contributed by atoms with van der Waals surface area (Å²) in [5.74, 6) is 0.108. The van der Waals surface area contributed by atoms with Crippen molar-refractivity contribution < 1.29 is 9.42 Å². The Balaban J connectivity index is 1.59. The molecule has 0 saturated heterocycles. The number of hydrazone groups is 1. The zero-order valence-electron chi connectivity index (χ0n) is 15.7. The Labute approximate surface area is 179 Å². The monoisotopic (exact) mass is 440 g/mol. The van der Waals surface area contributed by atoms with Crippen LogP contribution in [0, 0.1) is 6.92 Å². The molecule has 0 aliphatic heterocycles. The number of thioether (sulfide) groups is 1. The second-order valence-electron chi connectivity index (χ2n) is 6.04. The molecule has 0 aliphatic carbocycles. The summed E-state index contributed by atoms with van der Waals surface area (Å²) >= 11 is 3.05. The van der Waals surface area contributed by atoms with E-state index in [-0.39, 0.29) is 17.3 Å². The summed E-state index contributed by atoms with van der Waals surface area (Å²) in [6, 6.07) is 11.7. The smallest absolute Gasteiger partial charge is 0.293 e. The summed E-state index contributed by atoms with van der Waals surface area (Å²) in [5, 5.41) is 21.3. The fourth-order valence-electron chi connectivity index (χ4n) is 2.50. The maximum absolute atomic E-state index is 12.7. The molecular formula is C18H16N8O2S2. The van der Waals surface area contributed by atoms with E-state index in [9.17, 15) is 4.79 Å². The molecule has 1 amide bonds. The van der Waals surface area contributed by atoms with Crippen molar-refractivity contribution >= 4 is 41.0 Å². The Morgan fingerprint density at radius 3 is 2.87 bits per heavy atom. The van der Waals surface area contributed by atoms with Gasteiger partial charge in [0.1, 0.15) is 0 Å². The lowest BCUT2D eigenvalue weighted by atomic mass is 10.3. The van der Waals surface area contributed by atoms with Gasteiger partial charge < -0.3 is 5.73 Å². The summed E-state index contributed by atoms with van der Waals surface area (Å²) in [5.41, 5.74) is 9.98. The number of amides is 1. The van der Waals surface area contributed by atoms with Gasteiger partial charge in [0.05, 0.1) is 11.9 Å². The number of benzene rings is 1. The average molecular weight is 441 g/mol. The third-order valence-corrected chi connectivity index (χ3v) is 6.02. The molecule has 12 heteroatoms. The number of nitrogens with two attached hydrogens (primary N) is 1. The van der Waals surface area contributed by atoms with Gasteiger partial charge in [-0.25, -0.2) is 10.1 Å². The number of hydrogen-bond acceptors (Lipinski definition) is 10. The molecule has 0 aliphatic rings. The molecule has 30 heavy (non-hydrogen) atoms. The van der Waals surface area contributed by atoms with Crippen LogP contribution in [0.1, 0.15) is 26.6 Å². The van der Waals surface area contributed by atoms with Crippen molar-refractivity contribution in [3.8, 4) is 5.82 Å². The summed E-state index contributed by atoms with van der Waals surface area (Å²) in [7, 11) is 0. The molecular weight excluding hydrogens is 424 g/mol. The molecule has 0 saturated carbocycles. The van der Waals surface area contributed by atoms with Gasteiger partial charge in [0.2, 0.25) is 11.6 Å². The highest BCUT2D eigenvalue weighted by molar-refractivity contribution is 7.98. The molecule has 0 radical (unpaired) electrons. The van der Waals surface area contributed by atoms with Crippen molar-refractivity contribution in [3.63, 3.8) is 0 Å². The van der Waals surface area contributed by atoms with Crippen molar-refractivity contribution in [2.24, 2.45) is 5.10 Å². The molecule has 0 atom stereocenters. The van der Waals surface area contributed by atoms with E-state index in [1.807, 2.05) is 48.7 Å². The molecule has 0 fully saturated rings. The van der Waals surface area contributed by atoms with Crippen LogP contribution in [0.25, 0.3) is 5.82 Å². The molecule has 0 unspecified atom stereocenters. The highest BCUT2D eigenvalue weighted by Gasteiger charge is 2.24. The minimum absolute atomic E-state index is 0.0454. The van der Waals surface area contributed by atoms with Crippen molar-refractivity contribution in [2.45, 2.75) is 17.6 Å². The van der Waals surface area contributed by atoms with Crippen molar-refractivity contribution in [1.29, 1.82) is 0 Å². The number of rotatable bonds is 7. The number of nitrogens with zero attached hydrogens (tertiary/aromatic N) is 6. The van der Waals surface area contributed by atoms with E-state index in [4.69, 9.17) is 5.73 Å². The quantitative estimate of drug-likeness (QED) is 0.254. The number of nitrogen functional groups attached to an aromatic ring is 1. The number of carbonyl (C=O) groups is 1. The number of hydrogen-bond donors (Lipinski definition) is 2. The van der Waals surface area contributed by atoms with Gasteiger partial charge in [0, 0.05) is 15.5 Å². The van der Waals surface area contributed by atoms with Gasteiger partial charge in [-0.1, -0.05) is 23.4 Å². The van der Waals surface area contributed by atoms with E-state index >= 15 is 0 Å². The maximum Gasteiger partial charge on any atom is 0.293 e. The summed E-state index contributed by atoms with van der Waals surface area (Å²) in [6.45, 7) is 1.97. The Hall–Kier alpha value is -3.51. The molecule has 3 heterocycles. The molecule has 4 aromatic rings. The minimum atomic E-state index is -0.495. The van der Waals surface area contributed by atoms with E-state index in [1.165, 1.54) is 27.8 Å². The first-order valence-electron chi connectivity index (χ1n) is 8.72. The van der Waals surface area contributed by atoms with Gasteiger partial charge in [-0.15, -0.1) is 28.2 Å². The lowest BCUT2D eigenvalue weighted by molar-refractivity contribution is 0.0949. The number of anilines is 1. The van der Waals surface area contributed by atoms with E-state index in [0.717, 1.165) is 15.3 Å². The predicted molar refractivity (Wildman–Crippen MR) is 114 cm³/mol. The van der Waals surface area contributed by atoms with E-state index in [1.54, 1.807) is 6.21 Å². The van der Waals surface area contributed by atoms with Crippen LogP contribution < -0.4 is 11.2 Å². The highest BCUT2D eigenvalue weighted by Crippen LogP contribution is 2.25. The Bertz CT molecular complexity index is 1180. The van der Waals surface area contributed by atoms with Crippen LogP contribution in [-0.4, -0.2) is 37.4 Å². The maximum atomic E-state index is 12.7. The topological polar surface area (TPSA) is 137 Å². The number of carbonyl (C=O) groups excluding carboxylic acids is 1. The third-order valence-electron chi connectivity index (χ3n) is 4.04. The number of nitrogens with one attached hydrogen (secondary N) is 1. The van der Waals surface area contributed by atoms with Crippen LogP contribution in [0.2, 0.25) is 0 Å². The largest absolute Gasteiger partial charge is 0.378 e. The number of aromatic nitrogens is 5. The second-order valence-corrected chi connectivity index (χ2v) is 8.03. The lowest BCUT2D eigenvalue weighted by Gasteiger charge is -2.05. The van der Waals surface area contributed by atoms with Crippen molar-refractivity contribution in [1.82, 2.24) is 30.7 Å². The third kappa shape index (κ3) is 4.23. The van der Waals surface area contributed by atoms with Crippen molar-refractivity contribution in [3.05, 3.63) is 63.6 Å². The summed E-state index contributed by atoms with van der Waals surface area (Å²) in [4.78, 5) is 14.7. The molecule has 3 N–H and O–H groups in total. The molecule has 152 valence electrons. The van der Waals surface area contributed by atoms with Crippen LogP contribution in [0.3, 0.4) is 0 Å². The summed E-state index contributed by atoms with van der Waals surface area (Å²) in [6.07, 6.45) is 1.60. The van der Waals surface area contributed by atoms with Gasteiger partial charge >= 0.3 is 0 Å². The van der Waals surface area contributed by atoms with Crippen LogP contribution in [-0.2, 0) is 5.75 Å². The first-order valence-corrected chi connectivity index (χ1v) is 10.6. The second kappa shape index (κ2) is 8.88. The molecule has 3 aromatic heterocycles. The van der Waals surface area contributed by atoms with Crippen LogP contribution in [0.4, 0.5) is 5.82 Å². The summed E-state index contributed by atoms with van der Waals surface area (Å²) < 4.78 is 6.01. The number of thiophene rings is 1. The van der Waals surface area contributed by atoms with Gasteiger partial charge in [-0.05, 0) is 46.4 Å². The van der Waals surface area contributed by atoms with Gasteiger partial charge in [0.25, 0.3) is 5.91 Å². The normalized spacial score (nSPS) is 11.2. The van der Waals surface area contributed by atoms with Gasteiger partial charge in [-0.2, -0.15) is 9.78 Å². The van der Waals surface area contributed by atoms with E-state index in [2.05, 4.69) is 35.8 Å².